The molecule has 1 aliphatic heterocycles. The molecule has 144 valence electrons. The largest absolute Gasteiger partial charge is 0.383 e. The number of ether oxygens (including phenoxy) is 1. The number of carbonyl (C=O) groups is 1. The normalized spacial score (nSPS) is 14.0. The highest BCUT2D eigenvalue weighted by Gasteiger charge is 2.24. The summed E-state index contributed by atoms with van der Waals surface area (Å²) in [5.74, 6) is 0.0766. The molecule has 1 amide bonds. The second-order valence-electron chi connectivity index (χ2n) is 6.56. The molecule has 2 aromatic rings. The summed E-state index contributed by atoms with van der Waals surface area (Å²) in [4.78, 5) is 32.0. The number of aryl methyl sites for hydroxylation is 1. The second-order valence-corrected chi connectivity index (χ2v) is 6.56. The molecule has 0 bridgehead atoms. The number of aromatic nitrogens is 2. The first-order valence-electron chi connectivity index (χ1n) is 9.20. The number of nitrogens with zero attached hydrogens (tertiary/aromatic N) is 3. The van der Waals surface area contributed by atoms with Gasteiger partial charge in [0.2, 0.25) is 0 Å². The van der Waals surface area contributed by atoms with Crippen molar-refractivity contribution in [1.29, 1.82) is 0 Å². The van der Waals surface area contributed by atoms with Crippen molar-refractivity contribution in [2.24, 2.45) is 0 Å². The molecule has 0 saturated heterocycles. The maximum atomic E-state index is 13.4. The van der Waals surface area contributed by atoms with Crippen LogP contribution in [0.4, 0.5) is 4.39 Å². The van der Waals surface area contributed by atoms with Crippen LogP contribution in [-0.4, -0.2) is 47.2 Å². The van der Waals surface area contributed by atoms with E-state index < -0.39 is 5.82 Å². The number of halogens is 1. The van der Waals surface area contributed by atoms with Gasteiger partial charge in [0.15, 0.2) is 0 Å². The highest BCUT2D eigenvalue weighted by molar-refractivity contribution is 5.94. The molecule has 0 aliphatic carbocycles. The van der Waals surface area contributed by atoms with Gasteiger partial charge < -0.3 is 9.64 Å². The van der Waals surface area contributed by atoms with Crippen LogP contribution in [0.1, 0.15) is 34.4 Å². The molecular formula is C20H24FN3O3. The fourth-order valence-corrected chi connectivity index (χ4v) is 3.43. The number of hydrogen-bond donors (Lipinski definition) is 0. The summed E-state index contributed by atoms with van der Waals surface area (Å²) < 4.78 is 20.2. The number of methoxy groups -OCH3 is 1. The fourth-order valence-electron chi connectivity index (χ4n) is 3.43. The van der Waals surface area contributed by atoms with E-state index >= 15 is 0 Å². The van der Waals surface area contributed by atoms with Crippen molar-refractivity contribution in [3.63, 3.8) is 0 Å². The van der Waals surface area contributed by atoms with E-state index in [1.807, 2.05) is 6.92 Å². The minimum Gasteiger partial charge on any atom is -0.383 e. The minimum atomic E-state index is -0.436. The second kappa shape index (κ2) is 8.43. The van der Waals surface area contributed by atoms with Gasteiger partial charge in [0.25, 0.3) is 11.5 Å². The van der Waals surface area contributed by atoms with E-state index in [0.29, 0.717) is 56.6 Å². The Morgan fingerprint density at radius 3 is 2.78 bits per heavy atom. The van der Waals surface area contributed by atoms with E-state index in [9.17, 15) is 14.0 Å². The zero-order chi connectivity index (χ0) is 19.4. The molecule has 1 aromatic carbocycles. The van der Waals surface area contributed by atoms with Crippen LogP contribution in [0.5, 0.6) is 0 Å². The highest BCUT2D eigenvalue weighted by Crippen LogP contribution is 2.15. The lowest BCUT2D eigenvalue weighted by Gasteiger charge is -2.20. The van der Waals surface area contributed by atoms with Crippen LogP contribution in [0.25, 0.3) is 0 Å². The monoisotopic (exact) mass is 373 g/mol. The third-order valence-electron chi connectivity index (χ3n) is 4.87. The van der Waals surface area contributed by atoms with Gasteiger partial charge in [-0.05, 0) is 24.6 Å². The number of hydrogen-bond acceptors (Lipinski definition) is 4. The molecule has 6 nitrogen and oxygen atoms in total. The molecule has 1 aliphatic rings. The van der Waals surface area contributed by atoms with Gasteiger partial charge in [-0.15, -0.1) is 0 Å². The molecule has 0 unspecified atom stereocenters. The first-order valence-corrected chi connectivity index (χ1v) is 9.20. The van der Waals surface area contributed by atoms with Gasteiger partial charge >= 0.3 is 0 Å². The van der Waals surface area contributed by atoms with E-state index in [-0.39, 0.29) is 11.5 Å². The standard InChI is InChI=1S/C20H24FN3O3/c1-3-18-22-17-8-10-23(19(25)14-5-4-6-15(21)13-14)9-7-16(17)20(26)24(18)11-12-27-2/h4-6,13H,3,7-12H2,1-2H3. The number of rotatable bonds is 5. The van der Waals surface area contributed by atoms with Crippen molar-refractivity contribution >= 4 is 5.91 Å². The molecular weight excluding hydrogens is 349 g/mol. The lowest BCUT2D eigenvalue weighted by Crippen LogP contribution is -2.34. The molecule has 0 fully saturated rings. The summed E-state index contributed by atoms with van der Waals surface area (Å²) in [5, 5.41) is 0. The van der Waals surface area contributed by atoms with E-state index in [2.05, 4.69) is 0 Å². The van der Waals surface area contributed by atoms with Crippen molar-refractivity contribution in [3.8, 4) is 0 Å². The number of benzene rings is 1. The summed E-state index contributed by atoms with van der Waals surface area (Å²) >= 11 is 0. The van der Waals surface area contributed by atoms with Gasteiger partial charge in [-0.25, -0.2) is 9.37 Å². The third-order valence-corrected chi connectivity index (χ3v) is 4.87. The zero-order valence-corrected chi connectivity index (χ0v) is 15.7. The third kappa shape index (κ3) is 4.08. The Balaban J connectivity index is 1.86. The van der Waals surface area contributed by atoms with Gasteiger partial charge in [0.1, 0.15) is 11.6 Å². The maximum absolute atomic E-state index is 13.4. The summed E-state index contributed by atoms with van der Waals surface area (Å²) in [6.07, 6.45) is 1.61. The fraction of sp³-hybridized carbons (Fsp3) is 0.450. The predicted octanol–water partition coefficient (Wildman–Crippen LogP) is 1.83. The SMILES string of the molecule is CCc1nc2c(c(=O)n1CCOC)CCN(C(=O)c1cccc(F)c1)CC2. The average Bonchev–Trinajstić information content (AvgIpc) is 2.89. The molecule has 0 atom stereocenters. The Morgan fingerprint density at radius 2 is 2.07 bits per heavy atom. The topological polar surface area (TPSA) is 64.4 Å². The first-order chi connectivity index (χ1) is 13.0. The van der Waals surface area contributed by atoms with Gasteiger partial charge in [-0.1, -0.05) is 13.0 Å². The molecule has 0 radical (unpaired) electrons. The zero-order valence-electron chi connectivity index (χ0n) is 15.7. The molecule has 2 heterocycles. The van der Waals surface area contributed by atoms with Crippen LogP contribution in [-0.2, 0) is 30.5 Å². The lowest BCUT2D eigenvalue weighted by molar-refractivity contribution is 0.0762. The van der Waals surface area contributed by atoms with Gasteiger partial charge in [-0.3, -0.25) is 14.2 Å². The van der Waals surface area contributed by atoms with Crippen molar-refractivity contribution in [3.05, 3.63) is 63.1 Å². The summed E-state index contributed by atoms with van der Waals surface area (Å²) in [7, 11) is 1.60. The quantitative estimate of drug-likeness (QED) is 0.802. The summed E-state index contributed by atoms with van der Waals surface area (Å²) in [6, 6.07) is 5.69. The highest BCUT2D eigenvalue weighted by atomic mass is 19.1. The molecule has 3 rings (SSSR count). The molecule has 27 heavy (non-hydrogen) atoms. The van der Waals surface area contributed by atoms with Crippen molar-refractivity contribution in [1.82, 2.24) is 14.5 Å². The molecule has 0 spiro atoms. The minimum absolute atomic E-state index is 0.0473. The smallest absolute Gasteiger partial charge is 0.257 e. The van der Waals surface area contributed by atoms with Crippen LogP contribution in [0, 0.1) is 5.82 Å². The van der Waals surface area contributed by atoms with Crippen LogP contribution >= 0.6 is 0 Å². The van der Waals surface area contributed by atoms with Gasteiger partial charge in [0, 0.05) is 44.2 Å². The Kier molecular flexibility index (Phi) is 6.01. The van der Waals surface area contributed by atoms with Crippen LogP contribution in [0.2, 0.25) is 0 Å². The van der Waals surface area contributed by atoms with Crippen LogP contribution < -0.4 is 5.56 Å². The van der Waals surface area contributed by atoms with Crippen molar-refractivity contribution in [2.45, 2.75) is 32.7 Å². The van der Waals surface area contributed by atoms with Gasteiger partial charge in [0.05, 0.1) is 18.8 Å². The van der Waals surface area contributed by atoms with Crippen LogP contribution in [0.15, 0.2) is 29.1 Å². The van der Waals surface area contributed by atoms with Gasteiger partial charge in [-0.2, -0.15) is 0 Å². The number of fused-ring (bicyclic) bond motifs is 1. The van der Waals surface area contributed by atoms with E-state index in [4.69, 9.17) is 9.72 Å². The molecule has 7 heteroatoms. The predicted molar refractivity (Wildman–Crippen MR) is 99.5 cm³/mol. The summed E-state index contributed by atoms with van der Waals surface area (Å²) in [5.41, 5.74) is 1.70. The number of amides is 1. The first kappa shape index (κ1) is 19.2. The Bertz CT molecular complexity index is 895. The lowest BCUT2D eigenvalue weighted by atomic mass is 10.1. The van der Waals surface area contributed by atoms with Crippen molar-refractivity contribution in [2.75, 3.05) is 26.8 Å². The van der Waals surface area contributed by atoms with Crippen molar-refractivity contribution < 1.29 is 13.9 Å². The average molecular weight is 373 g/mol. The summed E-state index contributed by atoms with van der Waals surface area (Å²) in [6.45, 7) is 3.74. The molecule has 1 aromatic heterocycles. The van der Waals surface area contributed by atoms with Crippen LogP contribution in [0.3, 0.4) is 0 Å². The van der Waals surface area contributed by atoms with E-state index in [1.54, 1.807) is 22.6 Å². The Labute approximate surface area is 157 Å². The number of carbonyl (C=O) groups excluding carboxylic acids is 1. The Morgan fingerprint density at radius 1 is 1.30 bits per heavy atom. The Hall–Kier alpha value is -2.54. The molecule has 0 saturated carbocycles. The molecule has 0 N–H and O–H groups in total. The maximum Gasteiger partial charge on any atom is 0.257 e. The van der Waals surface area contributed by atoms with E-state index in [1.165, 1.54) is 18.2 Å². The van der Waals surface area contributed by atoms with E-state index in [0.717, 1.165) is 11.5 Å².